The third-order valence-corrected chi connectivity index (χ3v) is 4.82. The monoisotopic (exact) mass is 356 g/mol. The van der Waals surface area contributed by atoms with Gasteiger partial charge in [-0.05, 0) is 37.0 Å². The number of ether oxygens (including phenoxy) is 1. The van der Waals surface area contributed by atoms with Crippen molar-refractivity contribution in [3.8, 4) is 0 Å². The van der Waals surface area contributed by atoms with Crippen molar-refractivity contribution in [1.29, 1.82) is 0 Å². The van der Waals surface area contributed by atoms with E-state index in [1.165, 1.54) is 0 Å². The van der Waals surface area contributed by atoms with Gasteiger partial charge < -0.3 is 10.1 Å². The summed E-state index contributed by atoms with van der Waals surface area (Å²) in [6.45, 7) is 6.66. The van der Waals surface area contributed by atoms with Gasteiger partial charge in [-0.25, -0.2) is 13.1 Å². The van der Waals surface area contributed by atoms with Crippen LogP contribution < -0.4 is 10.0 Å². The van der Waals surface area contributed by atoms with Crippen LogP contribution in [-0.4, -0.2) is 40.6 Å². The second kappa shape index (κ2) is 9.76. The first-order valence-corrected chi connectivity index (χ1v) is 9.60. The Kier molecular flexibility index (Phi) is 8.38. The lowest BCUT2D eigenvalue weighted by Gasteiger charge is -2.12. The molecule has 24 heavy (non-hydrogen) atoms. The van der Waals surface area contributed by atoms with Crippen molar-refractivity contribution in [1.82, 2.24) is 10.0 Å². The Morgan fingerprint density at radius 1 is 1.17 bits per heavy atom. The fourth-order valence-electron chi connectivity index (χ4n) is 2.09. The van der Waals surface area contributed by atoms with Crippen molar-refractivity contribution in [3.63, 3.8) is 0 Å². The van der Waals surface area contributed by atoms with E-state index < -0.39 is 10.0 Å². The quantitative estimate of drug-likeness (QED) is 0.668. The number of benzene rings is 1. The molecular weight excluding hydrogens is 328 g/mol. The summed E-state index contributed by atoms with van der Waals surface area (Å²) in [5.74, 6) is 0.202. The van der Waals surface area contributed by atoms with Gasteiger partial charge in [-0.2, -0.15) is 0 Å². The van der Waals surface area contributed by atoms with E-state index in [2.05, 4.69) is 10.0 Å². The Labute approximate surface area is 145 Å². The van der Waals surface area contributed by atoms with E-state index >= 15 is 0 Å². The molecule has 1 aromatic rings. The SMILES string of the molecule is COC[C@@H](C)NC(=O)CCc1ccc(S(=O)(=O)NCC(C)C)cc1. The molecule has 1 atom stereocenters. The molecule has 0 fully saturated rings. The van der Waals surface area contributed by atoms with E-state index in [0.29, 0.717) is 26.0 Å². The number of aryl methyl sites for hydroxylation is 1. The van der Waals surface area contributed by atoms with Crippen LogP contribution in [0.1, 0.15) is 32.8 Å². The number of carbonyl (C=O) groups is 1. The van der Waals surface area contributed by atoms with Gasteiger partial charge in [0.15, 0.2) is 0 Å². The molecule has 0 saturated carbocycles. The normalized spacial score (nSPS) is 13.0. The van der Waals surface area contributed by atoms with E-state index in [-0.39, 0.29) is 22.8 Å². The Hall–Kier alpha value is -1.44. The molecule has 0 unspecified atom stereocenters. The summed E-state index contributed by atoms with van der Waals surface area (Å²) in [5.41, 5.74) is 0.923. The van der Waals surface area contributed by atoms with Crippen molar-refractivity contribution < 1.29 is 17.9 Å². The molecule has 2 N–H and O–H groups in total. The maximum Gasteiger partial charge on any atom is 0.240 e. The zero-order valence-corrected chi connectivity index (χ0v) is 15.7. The molecule has 0 aliphatic carbocycles. The molecule has 0 radical (unpaired) electrons. The molecular formula is C17H28N2O4S. The third-order valence-electron chi connectivity index (χ3n) is 3.38. The summed E-state index contributed by atoms with van der Waals surface area (Å²) in [7, 11) is -1.88. The lowest BCUT2D eigenvalue weighted by Crippen LogP contribution is -2.35. The van der Waals surface area contributed by atoms with E-state index in [4.69, 9.17) is 4.74 Å². The van der Waals surface area contributed by atoms with E-state index in [1.807, 2.05) is 20.8 Å². The predicted octanol–water partition coefficient (Wildman–Crippen LogP) is 1.70. The fourth-order valence-corrected chi connectivity index (χ4v) is 3.31. The lowest BCUT2D eigenvalue weighted by molar-refractivity contribution is -0.122. The van der Waals surface area contributed by atoms with Crippen LogP contribution in [0.15, 0.2) is 29.2 Å². The van der Waals surface area contributed by atoms with Crippen LogP contribution in [0.2, 0.25) is 0 Å². The number of amides is 1. The van der Waals surface area contributed by atoms with Gasteiger partial charge in [0.2, 0.25) is 15.9 Å². The fraction of sp³-hybridized carbons (Fsp3) is 0.588. The van der Waals surface area contributed by atoms with Crippen LogP contribution in [0.4, 0.5) is 0 Å². The number of sulfonamides is 1. The van der Waals surface area contributed by atoms with Gasteiger partial charge in [-0.3, -0.25) is 4.79 Å². The molecule has 0 heterocycles. The summed E-state index contributed by atoms with van der Waals surface area (Å²) in [6, 6.07) is 6.61. The van der Waals surface area contributed by atoms with Crippen molar-refractivity contribution in [2.45, 2.75) is 44.6 Å². The second-order valence-electron chi connectivity index (χ2n) is 6.31. The maximum atomic E-state index is 12.1. The third kappa shape index (κ3) is 7.42. The van der Waals surface area contributed by atoms with Crippen molar-refractivity contribution in [3.05, 3.63) is 29.8 Å². The van der Waals surface area contributed by atoms with Crippen LogP contribution >= 0.6 is 0 Å². The average Bonchev–Trinajstić information content (AvgIpc) is 2.52. The summed E-state index contributed by atoms with van der Waals surface area (Å²) >= 11 is 0. The highest BCUT2D eigenvalue weighted by atomic mass is 32.2. The molecule has 0 saturated heterocycles. The molecule has 6 nitrogen and oxygen atoms in total. The van der Waals surface area contributed by atoms with E-state index in [9.17, 15) is 13.2 Å². The zero-order valence-electron chi connectivity index (χ0n) is 14.8. The van der Waals surface area contributed by atoms with Crippen LogP contribution in [0, 0.1) is 5.92 Å². The Morgan fingerprint density at radius 3 is 2.33 bits per heavy atom. The number of nitrogens with one attached hydrogen (secondary N) is 2. The maximum absolute atomic E-state index is 12.1. The number of methoxy groups -OCH3 is 1. The summed E-state index contributed by atoms with van der Waals surface area (Å²) < 4.78 is 31.8. The molecule has 1 amide bonds. The topological polar surface area (TPSA) is 84.5 Å². The van der Waals surface area contributed by atoms with Crippen LogP contribution in [0.5, 0.6) is 0 Å². The zero-order chi connectivity index (χ0) is 18.2. The van der Waals surface area contributed by atoms with Crippen molar-refractivity contribution in [2.24, 2.45) is 5.92 Å². The van der Waals surface area contributed by atoms with Crippen LogP contribution in [0.3, 0.4) is 0 Å². The minimum absolute atomic E-state index is 0.0259. The number of carbonyl (C=O) groups excluding carboxylic acids is 1. The highest BCUT2D eigenvalue weighted by Gasteiger charge is 2.14. The second-order valence-corrected chi connectivity index (χ2v) is 8.08. The molecule has 0 aromatic heterocycles. The summed E-state index contributed by atoms with van der Waals surface area (Å²) in [6.07, 6.45) is 0.914. The first-order valence-electron chi connectivity index (χ1n) is 8.11. The standard InChI is InChI=1S/C17H28N2O4S/c1-13(2)11-18-24(21,22)16-8-5-15(6-9-16)7-10-17(20)19-14(3)12-23-4/h5-6,8-9,13-14,18H,7,10-12H2,1-4H3,(H,19,20)/t14-/m1/s1. The first kappa shape index (κ1) is 20.6. The molecule has 7 heteroatoms. The van der Waals surface area contributed by atoms with Gasteiger partial charge in [0, 0.05) is 26.1 Å². The van der Waals surface area contributed by atoms with Gasteiger partial charge in [0.25, 0.3) is 0 Å². The Balaban J connectivity index is 2.54. The number of rotatable bonds is 10. The van der Waals surface area contributed by atoms with Gasteiger partial charge in [-0.15, -0.1) is 0 Å². The van der Waals surface area contributed by atoms with Crippen molar-refractivity contribution >= 4 is 15.9 Å². The van der Waals surface area contributed by atoms with Gasteiger partial charge >= 0.3 is 0 Å². The highest BCUT2D eigenvalue weighted by Crippen LogP contribution is 2.12. The predicted molar refractivity (Wildman–Crippen MR) is 94.3 cm³/mol. The van der Waals surface area contributed by atoms with Gasteiger partial charge in [0.05, 0.1) is 11.5 Å². The lowest BCUT2D eigenvalue weighted by atomic mass is 10.1. The first-order chi connectivity index (χ1) is 11.2. The minimum atomic E-state index is -3.47. The average molecular weight is 356 g/mol. The molecule has 0 aliphatic heterocycles. The molecule has 0 bridgehead atoms. The smallest absolute Gasteiger partial charge is 0.240 e. The number of hydrogen-bond donors (Lipinski definition) is 2. The molecule has 0 spiro atoms. The summed E-state index contributed by atoms with van der Waals surface area (Å²) in [5, 5.41) is 2.84. The highest BCUT2D eigenvalue weighted by molar-refractivity contribution is 7.89. The minimum Gasteiger partial charge on any atom is -0.383 e. The van der Waals surface area contributed by atoms with Crippen LogP contribution in [-0.2, 0) is 26.0 Å². The van der Waals surface area contributed by atoms with Gasteiger partial charge in [0.1, 0.15) is 0 Å². The van der Waals surface area contributed by atoms with E-state index in [0.717, 1.165) is 5.56 Å². The van der Waals surface area contributed by atoms with Crippen molar-refractivity contribution in [2.75, 3.05) is 20.3 Å². The van der Waals surface area contributed by atoms with E-state index in [1.54, 1.807) is 31.4 Å². The molecule has 1 rings (SSSR count). The molecule has 1 aromatic carbocycles. The molecule has 0 aliphatic rings. The van der Waals surface area contributed by atoms with Crippen LogP contribution in [0.25, 0.3) is 0 Å². The number of hydrogen-bond acceptors (Lipinski definition) is 4. The Morgan fingerprint density at radius 2 is 1.79 bits per heavy atom. The Bertz CT molecular complexity index is 612. The molecule has 136 valence electrons. The largest absolute Gasteiger partial charge is 0.383 e. The van der Waals surface area contributed by atoms with Gasteiger partial charge in [-0.1, -0.05) is 26.0 Å². The summed E-state index contributed by atoms with van der Waals surface area (Å²) in [4.78, 5) is 12.0.